The summed E-state index contributed by atoms with van der Waals surface area (Å²) in [7, 11) is 4.35. The molecule has 0 aliphatic carbocycles. The van der Waals surface area contributed by atoms with E-state index in [0.717, 1.165) is 0 Å². The summed E-state index contributed by atoms with van der Waals surface area (Å²) in [6.45, 7) is 4.10. The molecule has 0 radical (unpaired) electrons. The number of likely N-dealkylation sites (tertiary alicyclic amines) is 1. The third-order valence-corrected chi connectivity index (χ3v) is 5.68. The molecular formula is C25H28ClNO7. The average Bonchev–Trinajstić information content (AvgIpc) is 3.06. The number of hydrogen-bond donors (Lipinski definition) is 1. The number of methoxy groups -OCH3 is 3. The summed E-state index contributed by atoms with van der Waals surface area (Å²) >= 11 is 6.21. The number of ether oxygens (including phenoxy) is 4. The van der Waals surface area contributed by atoms with Crippen LogP contribution in [0.3, 0.4) is 0 Å². The Morgan fingerprint density at radius 2 is 1.74 bits per heavy atom. The van der Waals surface area contributed by atoms with Crippen molar-refractivity contribution in [3.8, 4) is 17.2 Å². The molecule has 2 aromatic carbocycles. The Balaban J connectivity index is 2.29. The number of Topliss-reactive ketones (excluding diaryl/α,β-unsaturated/α-hetero) is 1. The standard InChI is InChI=1S/C25H28ClNO7/c1-14(2)34-18-9-7-6-8-15(18)22-21(24(29)25(30)27(22)10-11-31-3)23(28)16-12-20(33-5)17(26)13-19(16)32-4/h6-9,12-14,22,28H,10-11H2,1-5H3/b23-21+. The second-order valence-corrected chi connectivity index (χ2v) is 8.28. The van der Waals surface area contributed by atoms with Crippen LogP contribution in [-0.2, 0) is 14.3 Å². The molecule has 1 unspecified atom stereocenters. The van der Waals surface area contributed by atoms with Crippen LogP contribution in [0.2, 0.25) is 5.02 Å². The van der Waals surface area contributed by atoms with E-state index in [2.05, 4.69) is 0 Å². The van der Waals surface area contributed by atoms with Crippen LogP contribution >= 0.6 is 11.6 Å². The fourth-order valence-electron chi connectivity index (χ4n) is 3.88. The summed E-state index contributed by atoms with van der Waals surface area (Å²) < 4.78 is 21.8. The number of carbonyl (C=O) groups is 2. The van der Waals surface area contributed by atoms with Crippen molar-refractivity contribution in [3.05, 3.63) is 58.1 Å². The number of benzene rings is 2. The number of hydrogen-bond acceptors (Lipinski definition) is 7. The van der Waals surface area contributed by atoms with Gasteiger partial charge in [0.25, 0.3) is 11.7 Å². The number of ketones is 1. The van der Waals surface area contributed by atoms with Crippen molar-refractivity contribution in [1.29, 1.82) is 0 Å². The lowest BCUT2D eigenvalue weighted by molar-refractivity contribution is -0.140. The zero-order valence-corrected chi connectivity index (χ0v) is 20.5. The Hall–Kier alpha value is -3.23. The molecule has 1 amide bonds. The molecule has 1 heterocycles. The first-order valence-electron chi connectivity index (χ1n) is 10.7. The fourth-order valence-corrected chi connectivity index (χ4v) is 4.11. The van der Waals surface area contributed by atoms with Crippen molar-refractivity contribution >= 4 is 29.1 Å². The molecule has 1 N–H and O–H groups in total. The van der Waals surface area contributed by atoms with Gasteiger partial charge in [-0.05, 0) is 26.0 Å². The number of rotatable bonds is 9. The monoisotopic (exact) mass is 489 g/mol. The number of aliphatic hydroxyl groups excluding tert-OH is 1. The molecule has 1 aliphatic rings. The highest BCUT2D eigenvalue weighted by molar-refractivity contribution is 6.46. The third kappa shape index (κ3) is 4.83. The molecule has 0 bridgehead atoms. The Bertz CT molecular complexity index is 1110. The molecule has 1 atom stereocenters. The molecule has 182 valence electrons. The first-order valence-corrected chi connectivity index (χ1v) is 11.1. The minimum Gasteiger partial charge on any atom is -0.507 e. The number of halogens is 1. The van der Waals surface area contributed by atoms with Crippen molar-refractivity contribution in [1.82, 2.24) is 4.90 Å². The predicted octanol–water partition coefficient (Wildman–Crippen LogP) is 4.21. The van der Waals surface area contributed by atoms with Gasteiger partial charge in [0, 0.05) is 25.3 Å². The molecule has 9 heteroatoms. The normalized spacial score (nSPS) is 17.4. The van der Waals surface area contributed by atoms with Crippen LogP contribution in [-0.4, -0.2) is 62.3 Å². The number of nitrogens with zero attached hydrogens (tertiary/aromatic N) is 1. The average molecular weight is 490 g/mol. The van der Waals surface area contributed by atoms with E-state index in [4.69, 9.17) is 30.5 Å². The van der Waals surface area contributed by atoms with Crippen LogP contribution in [0.1, 0.15) is 31.0 Å². The molecule has 0 aromatic heterocycles. The largest absolute Gasteiger partial charge is 0.507 e. The number of para-hydroxylation sites is 1. The number of aliphatic hydroxyl groups is 1. The number of amides is 1. The van der Waals surface area contributed by atoms with Gasteiger partial charge in [0.05, 0.1) is 49.1 Å². The molecule has 0 spiro atoms. The van der Waals surface area contributed by atoms with Crippen LogP contribution in [0.5, 0.6) is 17.2 Å². The van der Waals surface area contributed by atoms with Crippen molar-refractivity contribution in [2.24, 2.45) is 0 Å². The summed E-state index contributed by atoms with van der Waals surface area (Å²) in [5.41, 5.74) is 0.636. The van der Waals surface area contributed by atoms with Crippen LogP contribution in [0.25, 0.3) is 5.76 Å². The first kappa shape index (κ1) is 25.4. The molecule has 1 saturated heterocycles. The van der Waals surface area contributed by atoms with Gasteiger partial charge < -0.3 is 29.0 Å². The summed E-state index contributed by atoms with van der Waals surface area (Å²) in [5.74, 6) is -0.987. The maximum absolute atomic E-state index is 13.2. The lowest BCUT2D eigenvalue weighted by Crippen LogP contribution is -2.33. The minimum absolute atomic E-state index is 0.0939. The van der Waals surface area contributed by atoms with E-state index in [-0.39, 0.29) is 46.9 Å². The van der Waals surface area contributed by atoms with E-state index in [1.54, 1.807) is 24.3 Å². The Morgan fingerprint density at radius 1 is 1.06 bits per heavy atom. The maximum Gasteiger partial charge on any atom is 0.295 e. The molecular weight excluding hydrogens is 462 g/mol. The van der Waals surface area contributed by atoms with Gasteiger partial charge in [-0.2, -0.15) is 0 Å². The second-order valence-electron chi connectivity index (χ2n) is 7.88. The smallest absolute Gasteiger partial charge is 0.295 e. The lowest BCUT2D eigenvalue weighted by Gasteiger charge is -2.27. The van der Waals surface area contributed by atoms with Gasteiger partial charge in [0.15, 0.2) is 0 Å². The minimum atomic E-state index is -0.906. The van der Waals surface area contributed by atoms with Crippen LogP contribution < -0.4 is 14.2 Å². The van der Waals surface area contributed by atoms with Gasteiger partial charge in [0.2, 0.25) is 0 Å². The number of carbonyl (C=O) groups excluding carboxylic acids is 2. The molecule has 8 nitrogen and oxygen atoms in total. The van der Waals surface area contributed by atoms with Crippen molar-refractivity contribution in [2.75, 3.05) is 34.5 Å². The van der Waals surface area contributed by atoms with Crippen LogP contribution in [0, 0.1) is 0 Å². The molecule has 1 aliphatic heterocycles. The Morgan fingerprint density at radius 3 is 2.35 bits per heavy atom. The van der Waals surface area contributed by atoms with Crippen molar-refractivity contribution in [3.63, 3.8) is 0 Å². The topological polar surface area (TPSA) is 94.5 Å². The second kappa shape index (κ2) is 10.8. The van der Waals surface area contributed by atoms with Gasteiger partial charge in [-0.25, -0.2) is 0 Å². The first-order chi connectivity index (χ1) is 16.2. The molecule has 3 rings (SSSR count). The molecule has 1 fully saturated rings. The van der Waals surface area contributed by atoms with E-state index in [0.29, 0.717) is 11.3 Å². The van der Waals surface area contributed by atoms with Gasteiger partial charge in [-0.3, -0.25) is 9.59 Å². The quantitative estimate of drug-likeness (QED) is 0.320. The van der Waals surface area contributed by atoms with E-state index in [1.807, 2.05) is 13.8 Å². The zero-order valence-electron chi connectivity index (χ0n) is 19.8. The van der Waals surface area contributed by atoms with Gasteiger partial charge >= 0.3 is 0 Å². The predicted molar refractivity (Wildman–Crippen MR) is 128 cm³/mol. The maximum atomic E-state index is 13.2. The van der Waals surface area contributed by atoms with E-state index < -0.39 is 23.5 Å². The SMILES string of the molecule is COCCN1C(=O)C(=O)/C(=C(/O)c2cc(OC)c(Cl)cc2OC)C1c1ccccc1OC(C)C. The molecule has 0 saturated carbocycles. The Kier molecular flexibility index (Phi) is 8.06. The summed E-state index contributed by atoms with van der Waals surface area (Å²) in [4.78, 5) is 27.7. The zero-order chi connectivity index (χ0) is 25.0. The summed E-state index contributed by atoms with van der Waals surface area (Å²) in [6, 6.07) is 9.14. The van der Waals surface area contributed by atoms with Crippen LogP contribution in [0.15, 0.2) is 42.0 Å². The van der Waals surface area contributed by atoms with E-state index >= 15 is 0 Å². The van der Waals surface area contributed by atoms with Gasteiger partial charge in [0.1, 0.15) is 23.0 Å². The van der Waals surface area contributed by atoms with E-state index in [1.165, 1.54) is 38.4 Å². The summed E-state index contributed by atoms with van der Waals surface area (Å²) in [6.07, 6.45) is -0.150. The highest BCUT2D eigenvalue weighted by Gasteiger charge is 2.47. The Labute approximate surface area is 203 Å². The van der Waals surface area contributed by atoms with Crippen LogP contribution in [0.4, 0.5) is 0 Å². The highest BCUT2D eigenvalue weighted by Crippen LogP contribution is 2.45. The summed E-state index contributed by atoms with van der Waals surface area (Å²) in [5, 5.41) is 11.7. The van der Waals surface area contributed by atoms with Crippen molar-refractivity contribution in [2.45, 2.75) is 26.0 Å². The van der Waals surface area contributed by atoms with Crippen molar-refractivity contribution < 1.29 is 33.6 Å². The highest BCUT2D eigenvalue weighted by atomic mass is 35.5. The van der Waals surface area contributed by atoms with Gasteiger partial charge in [-0.15, -0.1) is 0 Å². The molecule has 2 aromatic rings. The third-order valence-electron chi connectivity index (χ3n) is 5.38. The van der Waals surface area contributed by atoms with E-state index in [9.17, 15) is 14.7 Å². The molecule has 34 heavy (non-hydrogen) atoms. The fraction of sp³-hybridized carbons (Fsp3) is 0.360. The lowest BCUT2D eigenvalue weighted by atomic mass is 9.94. The van der Waals surface area contributed by atoms with Gasteiger partial charge in [-0.1, -0.05) is 29.8 Å².